The van der Waals surface area contributed by atoms with Crippen molar-refractivity contribution in [2.75, 3.05) is 5.75 Å². The lowest BCUT2D eigenvalue weighted by Gasteiger charge is -2.19. The van der Waals surface area contributed by atoms with Crippen molar-refractivity contribution in [1.29, 1.82) is 0 Å². The predicted molar refractivity (Wildman–Crippen MR) is 86.9 cm³/mol. The molecule has 1 N–H and O–H groups in total. The Hall–Kier alpha value is -0.470. The van der Waals surface area contributed by atoms with E-state index >= 15 is 0 Å². The molecular formula is C17H27NS. The number of aryl methyl sites for hydroxylation is 1. The first-order valence-electron chi connectivity index (χ1n) is 7.69. The lowest BCUT2D eigenvalue weighted by molar-refractivity contribution is 0.432. The van der Waals surface area contributed by atoms with Crippen LogP contribution in [-0.2, 0) is 6.42 Å². The fraction of sp³-hybridized carbons (Fsp3) is 0.647. The molecule has 3 atom stereocenters. The van der Waals surface area contributed by atoms with Crippen molar-refractivity contribution in [3.63, 3.8) is 0 Å². The minimum atomic E-state index is 0.635. The van der Waals surface area contributed by atoms with Crippen LogP contribution in [0, 0.1) is 0 Å². The van der Waals surface area contributed by atoms with Crippen LogP contribution < -0.4 is 5.32 Å². The number of rotatable bonds is 7. The third-order valence-corrected chi connectivity index (χ3v) is 5.25. The molecule has 0 radical (unpaired) electrons. The Kier molecular flexibility index (Phi) is 6.25. The number of hydrogen-bond donors (Lipinski definition) is 1. The number of nitrogens with one attached hydrogen (secondary N) is 1. The van der Waals surface area contributed by atoms with Gasteiger partial charge in [-0.05, 0) is 50.3 Å². The molecule has 2 rings (SSSR count). The van der Waals surface area contributed by atoms with Crippen LogP contribution >= 0.6 is 11.8 Å². The highest BCUT2D eigenvalue weighted by atomic mass is 32.2. The molecular weight excluding hydrogens is 250 g/mol. The van der Waals surface area contributed by atoms with Crippen molar-refractivity contribution in [3.05, 3.63) is 35.9 Å². The first-order chi connectivity index (χ1) is 9.28. The van der Waals surface area contributed by atoms with Gasteiger partial charge in [-0.2, -0.15) is 11.8 Å². The van der Waals surface area contributed by atoms with Crippen LogP contribution in [0.5, 0.6) is 0 Å². The van der Waals surface area contributed by atoms with E-state index in [2.05, 4.69) is 61.3 Å². The van der Waals surface area contributed by atoms with Crippen LogP contribution in [0.25, 0.3) is 0 Å². The first kappa shape index (κ1) is 14.9. The number of thioether (sulfide) groups is 1. The van der Waals surface area contributed by atoms with Gasteiger partial charge in [0.05, 0.1) is 0 Å². The van der Waals surface area contributed by atoms with Gasteiger partial charge in [0.25, 0.3) is 0 Å². The first-order valence-corrected chi connectivity index (χ1v) is 8.74. The molecule has 0 aliphatic heterocycles. The lowest BCUT2D eigenvalue weighted by Crippen LogP contribution is -2.35. The van der Waals surface area contributed by atoms with Gasteiger partial charge in [0.1, 0.15) is 0 Å². The standard InChI is InChI=1S/C17H27NS/c1-3-19-17-12-11-16(13-17)18-14(2)9-10-15-7-5-4-6-8-15/h4-8,14,16-18H,3,9-13H2,1-2H3. The maximum atomic E-state index is 3.82. The monoisotopic (exact) mass is 277 g/mol. The third-order valence-electron chi connectivity index (χ3n) is 4.02. The van der Waals surface area contributed by atoms with Crippen molar-refractivity contribution >= 4 is 11.8 Å². The second-order valence-corrected chi connectivity index (χ2v) is 7.26. The van der Waals surface area contributed by atoms with Crippen molar-refractivity contribution in [3.8, 4) is 0 Å². The van der Waals surface area contributed by atoms with Crippen molar-refractivity contribution in [2.45, 2.75) is 63.3 Å². The maximum absolute atomic E-state index is 3.82. The fourth-order valence-corrected chi connectivity index (χ4v) is 4.13. The zero-order valence-electron chi connectivity index (χ0n) is 12.3. The largest absolute Gasteiger partial charge is 0.311 e. The second-order valence-electron chi connectivity index (χ2n) is 5.68. The van der Waals surface area contributed by atoms with Gasteiger partial charge in [-0.25, -0.2) is 0 Å². The topological polar surface area (TPSA) is 12.0 Å². The summed E-state index contributed by atoms with van der Waals surface area (Å²) in [6.45, 7) is 4.61. The Morgan fingerprint density at radius 3 is 2.79 bits per heavy atom. The van der Waals surface area contributed by atoms with Crippen LogP contribution in [0.15, 0.2) is 30.3 Å². The third kappa shape index (κ3) is 5.19. The van der Waals surface area contributed by atoms with Gasteiger partial charge in [-0.3, -0.25) is 0 Å². The summed E-state index contributed by atoms with van der Waals surface area (Å²) in [4.78, 5) is 0. The highest BCUT2D eigenvalue weighted by Crippen LogP contribution is 2.30. The molecule has 2 heteroatoms. The molecule has 1 nitrogen and oxygen atoms in total. The average Bonchev–Trinajstić information content (AvgIpc) is 2.85. The molecule has 0 aromatic heterocycles. The molecule has 1 saturated carbocycles. The van der Waals surface area contributed by atoms with E-state index in [1.807, 2.05) is 0 Å². The molecule has 1 aromatic carbocycles. The summed E-state index contributed by atoms with van der Waals surface area (Å²) in [6.07, 6.45) is 6.57. The van der Waals surface area contributed by atoms with Crippen molar-refractivity contribution in [2.24, 2.45) is 0 Å². The van der Waals surface area contributed by atoms with Crippen LogP contribution in [-0.4, -0.2) is 23.1 Å². The molecule has 0 heterocycles. The summed E-state index contributed by atoms with van der Waals surface area (Å²) in [5.41, 5.74) is 1.46. The highest BCUT2D eigenvalue weighted by molar-refractivity contribution is 7.99. The molecule has 19 heavy (non-hydrogen) atoms. The smallest absolute Gasteiger partial charge is 0.00804 e. The molecule has 0 saturated heterocycles. The number of hydrogen-bond acceptors (Lipinski definition) is 2. The fourth-order valence-electron chi connectivity index (χ4n) is 2.99. The minimum Gasteiger partial charge on any atom is -0.311 e. The van der Waals surface area contributed by atoms with E-state index in [0.717, 1.165) is 11.3 Å². The molecule has 0 spiro atoms. The SMILES string of the molecule is CCSC1CCC(NC(C)CCc2ccccc2)C1. The molecule has 1 aliphatic rings. The van der Waals surface area contributed by atoms with E-state index in [0.29, 0.717) is 6.04 Å². The summed E-state index contributed by atoms with van der Waals surface area (Å²) in [7, 11) is 0. The van der Waals surface area contributed by atoms with E-state index in [4.69, 9.17) is 0 Å². The Labute approximate surface area is 122 Å². The van der Waals surface area contributed by atoms with E-state index in [9.17, 15) is 0 Å². The molecule has 1 aliphatic carbocycles. The van der Waals surface area contributed by atoms with E-state index in [-0.39, 0.29) is 0 Å². The zero-order chi connectivity index (χ0) is 13.5. The summed E-state index contributed by atoms with van der Waals surface area (Å²) in [6, 6.07) is 12.2. The molecule has 1 fully saturated rings. The van der Waals surface area contributed by atoms with Gasteiger partial charge in [0.15, 0.2) is 0 Å². The van der Waals surface area contributed by atoms with Crippen LogP contribution in [0.1, 0.15) is 45.1 Å². The molecule has 106 valence electrons. The van der Waals surface area contributed by atoms with Gasteiger partial charge in [-0.1, -0.05) is 37.3 Å². The van der Waals surface area contributed by atoms with Gasteiger partial charge in [0, 0.05) is 17.3 Å². The van der Waals surface area contributed by atoms with Crippen LogP contribution in [0.3, 0.4) is 0 Å². The summed E-state index contributed by atoms with van der Waals surface area (Å²) in [5, 5.41) is 4.73. The van der Waals surface area contributed by atoms with Crippen LogP contribution in [0.2, 0.25) is 0 Å². The molecule has 0 amide bonds. The minimum absolute atomic E-state index is 0.635. The molecule has 0 bridgehead atoms. The zero-order valence-corrected chi connectivity index (χ0v) is 13.1. The normalized spacial score (nSPS) is 24.5. The van der Waals surface area contributed by atoms with E-state index in [1.165, 1.54) is 43.4 Å². The Morgan fingerprint density at radius 2 is 2.05 bits per heavy atom. The van der Waals surface area contributed by atoms with Gasteiger partial charge >= 0.3 is 0 Å². The van der Waals surface area contributed by atoms with Crippen LogP contribution in [0.4, 0.5) is 0 Å². The van der Waals surface area contributed by atoms with Gasteiger partial charge < -0.3 is 5.32 Å². The second kappa shape index (κ2) is 7.96. The average molecular weight is 277 g/mol. The molecule has 1 aromatic rings. The van der Waals surface area contributed by atoms with E-state index < -0.39 is 0 Å². The lowest BCUT2D eigenvalue weighted by atomic mass is 10.1. The van der Waals surface area contributed by atoms with Gasteiger partial charge in [0.2, 0.25) is 0 Å². The molecule has 3 unspecified atom stereocenters. The Balaban J connectivity index is 1.66. The van der Waals surface area contributed by atoms with Crippen molar-refractivity contribution in [1.82, 2.24) is 5.32 Å². The van der Waals surface area contributed by atoms with Gasteiger partial charge in [-0.15, -0.1) is 0 Å². The highest BCUT2D eigenvalue weighted by Gasteiger charge is 2.25. The summed E-state index contributed by atoms with van der Waals surface area (Å²) < 4.78 is 0. The quantitative estimate of drug-likeness (QED) is 0.798. The number of benzene rings is 1. The Bertz CT molecular complexity index is 352. The predicted octanol–water partition coefficient (Wildman–Crippen LogP) is 4.27. The van der Waals surface area contributed by atoms with E-state index in [1.54, 1.807) is 0 Å². The maximum Gasteiger partial charge on any atom is 0.00804 e. The summed E-state index contributed by atoms with van der Waals surface area (Å²) >= 11 is 2.14. The summed E-state index contributed by atoms with van der Waals surface area (Å²) in [5.74, 6) is 1.26. The Morgan fingerprint density at radius 1 is 1.26 bits per heavy atom. The van der Waals surface area contributed by atoms with Crippen molar-refractivity contribution < 1.29 is 0 Å².